The van der Waals surface area contributed by atoms with Gasteiger partial charge >= 0.3 is 5.82 Å². The number of ketones is 1. The quantitative estimate of drug-likeness (QED) is 0.474. The Kier molecular flexibility index (Phi) is 3.33. The molecule has 7 nitrogen and oxygen atoms in total. The van der Waals surface area contributed by atoms with E-state index >= 15 is 0 Å². The van der Waals surface area contributed by atoms with Gasteiger partial charge in [-0.25, -0.2) is 0 Å². The van der Waals surface area contributed by atoms with Crippen LogP contribution in [0.3, 0.4) is 0 Å². The number of rotatable bonds is 2. The van der Waals surface area contributed by atoms with Gasteiger partial charge in [0.15, 0.2) is 5.78 Å². The Labute approximate surface area is 121 Å². The van der Waals surface area contributed by atoms with Crippen molar-refractivity contribution >= 4 is 34.6 Å². The van der Waals surface area contributed by atoms with Crippen molar-refractivity contribution < 1.29 is 14.6 Å². The lowest BCUT2D eigenvalue weighted by molar-refractivity contribution is -0.614. The highest BCUT2D eigenvalue weighted by atomic mass is 35.5. The molecule has 20 heavy (non-hydrogen) atoms. The summed E-state index contributed by atoms with van der Waals surface area (Å²) >= 11 is 11.5. The lowest BCUT2D eigenvalue weighted by Gasteiger charge is -2.00. The third kappa shape index (κ3) is 1.97. The number of fused-ring (bicyclic) bond motifs is 1. The Morgan fingerprint density at radius 2 is 1.50 bits per heavy atom. The Morgan fingerprint density at radius 3 is 1.95 bits per heavy atom. The predicted octanol–water partition coefficient (Wildman–Crippen LogP) is 2.97. The summed E-state index contributed by atoms with van der Waals surface area (Å²) in [7, 11) is 0. The van der Waals surface area contributed by atoms with Crippen LogP contribution in [0.25, 0.3) is 5.57 Å². The van der Waals surface area contributed by atoms with Crippen molar-refractivity contribution in [3.63, 3.8) is 0 Å². The molecule has 0 bridgehead atoms. The molecule has 0 unspecified atom stereocenters. The lowest BCUT2D eigenvalue weighted by Crippen LogP contribution is -2.12. The van der Waals surface area contributed by atoms with Crippen LogP contribution in [0.2, 0.25) is 10.0 Å². The monoisotopic (exact) mass is 314 g/mol. The molecule has 102 valence electrons. The molecule has 0 amide bonds. The van der Waals surface area contributed by atoms with Crippen LogP contribution in [0.4, 0.5) is 0 Å². The molecule has 9 heteroatoms. The zero-order valence-corrected chi connectivity index (χ0v) is 11.1. The molecule has 0 aromatic heterocycles. The minimum Gasteiger partial charge on any atom is -0.289 e. The lowest BCUT2D eigenvalue weighted by atomic mass is 10.1. The van der Waals surface area contributed by atoms with Gasteiger partial charge in [0.1, 0.15) is 15.4 Å². The predicted molar refractivity (Wildman–Crippen MR) is 70.8 cm³/mol. The van der Waals surface area contributed by atoms with Gasteiger partial charge < -0.3 is 0 Å². The summed E-state index contributed by atoms with van der Waals surface area (Å²) in [4.78, 5) is 31.3. The van der Waals surface area contributed by atoms with E-state index in [0.717, 1.165) is 0 Å². The smallest absolute Gasteiger partial charge is 0.289 e. The average Bonchev–Trinajstić information content (AvgIpc) is 2.55. The van der Waals surface area contributed by atoms with E-state index < -0.39 is 27.0 Å². The molecule has 1 aliphatic carbocycles. The van der Waals surface area contributed by atoms with Gasteiger partial charge in [0, 0.05) is 16.7 Å². The largest absolute Gasteiger partial charge is 0.567 e. The van der Waals surface area contributed by atoms with Gasteiger partial charge in [0.25, 0.3) is 0 Å². The van der Waals surface area contributed by atoms with Crippen LogP contribution in [0.5, 0.6) is 0 Å². The SMILES string of the molecule is C=C1C(=O)c2cc(Cl)c(Cl)cc2C1=C([N+](=O)[O-])[N+](=O)[O-]. The molecule has 0 atom stereocenters. The molecular weight excluding hydrogens is 311 g/mol. The molecule has 0 aliphatic heterocycles. The first-order valence-electron chi connectivity index (χ1n) is 5.02. The number of carbonyl (C=O) groups excluding carboxylic acids is 1. The zero-order chi connectivity index (χ0) is 15.2. The molecule has 0 N–H and O–H groups in total. The average molecular weight is 315 g/mol. The van der Waals surface area contributed by atoms with Crippen LogP contribution in [-0.4, -0.2) is 15.6 Å². The molecule has 1 aromatic carbocycles. The Morgan fingerprint density at radius 1 is 1.05 bits per heavy atom. The molecule has 0 saturated heterocycles. The number of hydrogen-bond acceptors (Lipinski definition) is 5. The summed E-state index contributed by atoms with van der Waals surface area (Å²) in [5.74, 6) is -1.98. The number of hydrogen-bond donors (Lipinski definition) is 0. The maximum Gasteiger partial charge on any atom is 0.567 e. The second-order valence-electron chi connectivity index (χ2n) is 3.83. The van der Waals surface area contributed by atoms with Crippen molar-refractivity contribution in [3.05, 3.63) is 71.5 Å². The number of allylic oxidation sites excluding steroid dienone is 2. The first kappa shape index (κ1) is 14.2. The Hall–Kier alpha value is -2.25. The van der Waals surface area contributed by atoms with E-state index in [1.165, 1.54) is 12.1 Å². The highest BCUT2D eigenvalue weighted by Crippen LogP contribution is 2.41. The summed E-state index contributed by atoms with van der Waals surface area (Å²) in [6.45, 7) is 3.37. The minimum absolute atomic E-state index is 0.000556. The molecule has 0 saturated carbocycles. The maximum absolute atomic E-state index is 11.9. The second-order valence-corrected chi connectivity index (χ2v) is 4.65. The summed E-state index contributed by atoms with van der Waals surface area (Å²) in [5, 5.41) is 21.8. The number of nitro groups is 2. The Balaban J connectivity index is 2.89. The summed E-state index contributed by atoms with van der Waals surface area (Å²) in [5.41, 5.74) is -0.793. The van der Waals surface area contributed by atoms with Crippen LogP contribution < -0.4 is 0 Å². The van der Waals surface area contributed by atoms with E-state index in [1.54, 1.807) is 0 Å². The molecule has 0 fully saturated rings. The highest BCUT2D eigenvalue weighted by Gasteiger charge is 2.42. The van der Waals surface area contributed by atoms with Gasteiger partial charge in [0.05, 0.1) is 10.0 Å². The number of carbonyl (C=O) groups is 1. The summed E-state index contributed by atoms with van der Waals surface area (Å²) < 4.78 is 0. The van der Waals surface area contributed by atoms with Crippen molar-refractivity contribution in [2.24, 2.45) is 0 Å². The number of halogens is 2. The maximum atomic E-state index is 11.9. The van der Waals surface area contributed by atoms with Crippen LogP contribution >= 0.6 is 23.2 Å². The van der Waals surface area contributed by atoms with Gasteiger partial charge in [-0.1, -0.05) is 29.8 Å². The highest BCUT2D eigenvalue weighted by molar-refractivity contribution is 6.43. The minimum atomic E-state index is -1.32. The van der Waals surface area contributed by atoms with Gasteiger partial charge in [-0.3, -0.25) is 25.0 Å². The second kappa shape index (κ2) is 4.69. The van der Waals surface area contributed by atoms with E-state index in [9.17, 15) is 25.0 Å². The molecule has 0 spiro atoms. The topological polar surface area (TPSA) is 103 Å². The van der Waals surface area contributed by atoms with Crippen molar-refractivity contribution in [1.29, 1.82) is 0 Å². The fourth-order valence-corrected chi connectivity index (χ4v) is 2.21. The van der Waals surface area contributed by atoms with E-state index in [0.29, 0.717) is 0 Å². The third-order valence-electron chi connectivity index (χ3n) is 2.72. The van der Waals surface area contributed by atoms with Crippen LogP contribution in [0, 0.1) is 20.2 Å². The number of nitrogens with zero attached hydrogens (tertiary/aromatic N) is 2. The van der Waals surface area contributed by atoms with Gasteiger partial charge in [-0.05, 0) is 12.1 Å². The van der Waals surface area contributed by atoms with Gasteiger partial charge in [0.2, 0.25) is 0 Å². The van der Waals surface area contributed by atoms with Crippen molar-refractivity contribution in [3.8, 4) is 0 Å². The van der Waals surface area contributed by atoms with E-state index in [4.69, 9.17) is 23.2 Å². The molecular formula is C11H4Cl2N2O5. The van der Waals surface area contributed by atoms with E-state index in [-0.39, 0.29) is 26.7 Å². The first-order chi connectivity index (χ1) is 9.25. The van der Waals surface area contributed by atoms with Crippen LogP contribution in [0.15, 0.2) is 30.1 Å². The van der Waals surface area contributed by atoms with Crippen molar-refractivity contribution in [2.75, 3.05) is 0 Å². The van der Waals surface area contributed by atoms with Crippen molar-refractivity contribution in [2.45, 2.75) is 0 Å². The fraction of sp³-hybridized carbons (Fsp3) is 0. The third-order valence-corrected chi connectivity index (χ3v) is 3.44. The number of benzene rings is 1. The van der Waals surface area contributed by atoms with Crippen LogP contribution in [-0.2, 0) is 0 Å². The molecule has 1 aromatic rings. The standard InChI is InChI=1S/C11H4Cl2N2O5/c1-4-9(11(14(17)18)15(19)20)5-2-7(12)8(13)3-6(5)10(4)16/h2-3H,1H2. The molecule has 0 heterocycles. The van der Waals surface area contributed by atoms with Crippen LogP contribution in [0.1, 0.15) is 15.9 Å². The number of Topliss-reactive ketones (excluding diaryl/α,β-unsaturated/α-hetero) is 1. The summed E-state index contributed by atoms with van der Waals surface area (Å²) in [6, 6.07) is 2.38. The normalized spacial score (nSPS) is 13.4. The van der Waals surface area contributed by atoms with E-state index in [1.807, 2.05) is 0 Å². The first-order valence-corrected chi connectivity index (χ1v) is 5.77. The van der Waals surface area contributed by atoms with Gasteiger partial charge in [-0.15, -0.1) is 0 Å². The molecule has 1 aliphatic rings. The van der Waals surface area contributed by atoms with Crippen molar-refractivity contribution in [1.82, 2.24) is 0 Å². The Bertz CT molecular complexity index is 723. The summed E-state index contributed by atoms with van der Waals surface area (Å²) in [6.07, 6.45) is 0. The van der Waals surface area contributed by atoms with Gasteiger partial charge in [-0.2, -0.15) is 0 Å². The molecule has 0 radical (unpaired) electrons. The van der Waals surface area contributed by atoms with E-state index in [2.05, 4.69) is 6.58 Å². The molecule has 2 rings (SSSR count). The zero-order valence-electron chi connectivity index (χ0n) is 9.55. The fourth-order valence-electron chi connectivity index (χ4n) is 1.88.